The van der Waals surface area contributed by atoms with Crippen LogP contribution in [-0.2, 0) is 14.8 Å². The first-order valence-electron chi connectivity index (χ1n) is 12.0. The minimum atomic E-state index is -3.96. The lowest BCUT2D eigenvalue weighted by Gasteiger charge is -2.23. The number of amides is 1. The molecule has 0 spiro atoms. The summed E-state index contributed by atoms with van der Waals surface area (Å²) in [5.74, 6) is -0.106. The first kappa shape index (κ1) is 27.0. The van der Waals surface area contributed by atoms with Crippen molar-refractivity contribution in [3.63, 3.8) is 0 Å². The van der Waals surface area contributed by atoms with E-state index in [4.69, 9.17) is 4.74 Å². The second kappa shape index (κ2) is 11.6. The average Bonchev–Trinajstić information content (AvgIpc) is 3.32. The molecule has 4 aromatic rings. The minimum absolute atomic E-state index is 0.0229. The van der Waals surface area contributed by atoms with E-state index in [9.17, 15) is 17.6 Å². The lowest BCUT2D eigenvalue weighted by atomic mass is 10.1. The number of anilines is 1. The van der Waals surface area contributed by atoms with Gasteiger partial charge in [-0.2, -0.15) is 9.40 Å². The fourth-order valence-electron chi connectivity index (χ4n) is 3.89. The summed E-state index contributed by atoms with van der Waals surface area (Å²) in [6.07, 6.45) is 0. The molecule has 4 rings (SSSR count). The molecule has 0 bridgehead atoms. The number of halogens is 1. The number of rotatable bonds is 10. The summed E-state index contributed by atoms with van der Waals surface area (Å²) in [5.41, 5.74) is 1.95. The van der Waals surface area contributed by atoms with Crippen molar-refractivity contribution < 1.29 is 22.3 Å². The fraction of sp³-hybridized carbons (Fsp3) is 0.214. The second-order valence-electron chi connectivity index (χ2n) is 9.08. The lowest BCUT2D eigenvalue weighted by molar-refractivity contribution is -0.116. The molecule has 1 heterocycles. The average molecular weight is 537 g/mol. The van der Waals surface area contributed by atoms with Crippen molar-refractivity contribution in [2.45, 2.75) is 18.7 Å². The zero-order chi connectivity index (χ0) is 27.3. The summed E-state index contributed by atoms with van der Waals surface area (Å²) in [6.45, 7) is 3.50. The molecule has 8 nitrogen and oxygen atoms in total. The van der Waals surface area contributed by atoms with Gasteiger partial charge in [0, 0.05) is 18.2 Å². The van der Waals surface area contributed by atoms with Crippen LogP contribution in [0, 0.1) is 11.7 Å². The first-order valence-corrected chi connectivity index (χ1v) is 13.5. The number of hydrogen-bond acceptors (Lipinski definition) is 5. The molecule has 198 valence electrons. The third-order valence-electron chi connectivity index (χ3n) is 5.70. The van der Waals surface area contributed by atoms with Gasteiger partial charge in [-0.1, -0.05) is 44.2 Å². The maximum Gasteiger partial charge on any atom is 0.243 e. The number of hydrogen-bond donors (Lipinski definition) is 1. The Kier molecular flexibility index (Phi) is 8.23. The Labute approximate surface area is 221 Å². The van der Waals surface area contributed by atoms with Gasteiger partial charge in [0.2, 0.25) is 15.9 Å². The van der Waals surface area contributed by atoms with Gasteiger partial charge in [0.1, 0.15) is 17.4 Å². The molecule has 0 radical (unpaired) electrons. The van der Waals surface area contributed by atoms with E-state index in [2.05, 4.69) is 10.4 Å². The molecular weight excluding hydrogens is 507 g/mol. The van der Waals surface area contributed by atoms with Crippen LogP contribution in [0.4, 0.5) is 10.2 Å². The van der Waals surface area contributed by atoms with Crippen LogP contribution in [0.5, 0.6) is 5.75 Å². The summed E-state index contributed by atoms with van der Waals surface area (Å²) in [4.78, 5) is 13.3. The van der Waals surface area contributed by atoms with Crippen molar-refractivity contribution in [3.05, 3.63) is 90.7 Å². The zero-order valence-corrected chi connectivity index (χ0v) is 22.2. The van der Waals surface area contributed by atoms with E-state index >= 15 is 0 Å². The number of carbonyl (C=O) groups is 1. The van der Waals surface area contributed by atoms with E-state index in [1.807, 2.05) is 44.2 Å². The maximum absolute atomic E-state index is 13.6. The van der Waals surface area contributed by atoms with Crippen LogP contribution in [-0.4, -0.2) is 48.6 Å². The standard InChI is InChI=1S/C28H29FN4O4S/c1-20(2)18-32(38(35,36)25-15-13-24(37-3)14-16-25)19-28(34)30-27-17-26(21-7-5-4-6-8-21)31-33(27)23-11-9-22(29)10-12-23/h4-17,20H,18-19H2,1-3H3,(H,30,34). The molecule has 0 aliphatic rings. The SMILES string of the molecule is COc1ccc(S(=O)(=O)N(CC(=O)Nc2cc(-c3ccccc3)nn2-c2ccc(F)cc2)CC(C)C)cc1. The van der Waals surface area contributed by atoms with Gasteiger partial charge in [0.25, 0.3) is 0 Å². The van der Waals surface area contributed by atoms with Gasteiger partial charge >= 0.3 is 0 Å². The predicted octanol–water partition coefficient (Wildman–Crippen LogP) is 4.97. The van der Waals surface area contributed by atoms with E-state index in [-0.39, 0.29) is 17.4 Å². The molecule has 1 N–H and O–H groups in total. The number of nitrogens with one attached hydrogen (secondary N) is 1. The van der Waals surface area contributed by atoms with Crippen molar-refractivity contribution in [1.82, 2.24) is 14.1 Å². The van der Waals surface area contributed by atoms with Crippen molar-refractivity contribution in [3.8, 4) is 22.7 Å². The molecule has 0 atom stereocenters. The monoisotopic (exact) mass is 536 g/mol. The molecule has 1 aromatic heterocycles. The number of nitrogens with zero attached hydrogens (tertiary/aromatic N) is 3. The Morgan fingerprint density at radius 2 is 1.68 bits per heavy atom. The predicted molar refractivity (Wildman–Crippen MR) is 144 cm³/mol. The fourth-order valence-corrected chi connectivity index (χ4v) is 5.45. The summed E-state index contributed by atoms with van der Waals surface area (Å²) in [7, 11) is -2.46. The highest BCUT2D eigenvalue weighted by Crippen LogP contribution is 2.26. The molecule has 1 amide bonds. The van der Waals surface area contributed by atoms with Crippen LogP contribution in [0.15, 0.2) is 89.8 Å². The third kappa shape index (κ3) is 6.27. The van der Waals surface area contributed by atoms with Crippen molar-refractivity contribution in [2.24, 2.45) is 5.92 Å². The van der Waals surface area contributed by atoms with Gasteiger partial charge in [0.05, 0.1) is 29.9 Å². The van der Waals surface area contributed by atoms with Crippen molar-refractivity contribution >= 4 is 21.7 Å². The van der Waals surface area contributed by atoms with Gasteiger partial charge in [-0.05, 0) is 54.4 Å². The smallest absolute Gasteiger partial charge is 0.243 e. The third-order valence-corrected chi connectivity index (χ3v) is 7.53. The highest BCUT2D eigenvalue weighted by atomic mass is 32.2. The van der Waals surface area contributed by atoms with Crippen LogP contribution in [0.1, 0.15) is 13.8 Å². The number of ether oxygens (including phenoxy) is 1. The molecule has 38 heavy (non-hydrogen) atoms. The largest absolute Gasteiger partial charge is 0.497 e. The Balaban J connectivity index is 1.63. The van der Waals surface area contributed by atoms with E-state index in [0.29, 0.717) is 22.9 Å². The Hall–Kier alpha value is -4.02. The van der Waals surface area contributed by atoms with Gasteiger partial charge in [0.15, 0.2) is 0 Å². The molecule has 0 unspecified atom stereocenters. The Bertz CT molecular complexity index is 1490. The molecule has 10 heteroatoms. The molecule has 3 aromatic carbocycles. The van der Waals surface area contributed by atoms with E-state index in [1.54, 1.807) is 30.3 Å². The molecular formula is C28H29FN4O4S. The second-order valence-corrected chi connectivity index (χ2v) is 11.0. The van der Waals surface area contributed by atoms with Crippen molar-refractivity contribution in [1.29, 1.82) is 0 Å². The number of carbonyl (C=O) groups excluding carboxylic acids is 1. The molecule has 0 fully saturated rings. The first-order chi connectivity index (χ1) is 18.2. The minimum Gasteiger partial charge on any atom is -0.497 e. The van der Waals surface area contributed by atoms with E-state index in [1.165, 1.54) is 36.1 Å². The van der Waals surface area contributed by atoms with E-state index < -0.39 is 28.3 Å². The summed E-state index contributed by atoms with van der Waals surface area (Å²) in [6, 6.07) is 22.8. The summed E-state index contributed by atoms with van der Waals surface area (Å²) < 4.78 is 48.2. The van der Waals surface area contributed by atoms with Gasteiger partial charge in [-0.3, -0.25) is 4.79 Å². The normalized spacial score (nSPS) is 11.6. The highest BCUT2D eigenvalue weighted by molar-refractivity contribution is 7.89. The van der Waals surface area contributed by atoms with Crippen LogP contribution in [0.25, 0.3) is 16.9 Å². The van der Waals surface area contributed by atoms with Crippen LogP contribution >= 0.6 is 0 Å². The van der Waals surface area contributed by atoms with Gasteiger partial charge in [-0.25, -0.2) is 17.5 Å². The highest BCUT2D eigenvalue weighted by Gasteiger charge is 2.28. The Morgan fingerprint density at radius 1 is 1.03 bits per heavy atom. The maximum atomic E-state index is 13.6. The zero-order valence-electron chi connectivity index (χ0n) is 21.3. The summed E-state index contributed by atoms with van der Waals surface area (Å²) >= 11 is 0. The number of aromatic nitrogens is 2. The quantitative estimate of drug-likeness (QED) is 0.309. The molecule has 0 saturated heterocycles. The molecule has 0 aliphatic carbocycles. The van der Waals surface area contributed by atoms with Crippen LogP contribution in [0.2, 0.25) is 0 Å². The number of methoxy groups -OCH3 is 1. The van der Waals surface area contributed by atoms with Crippen LogP contribution in [0.3, 0.4) is 0 Å². The summed E-state index contributed by atoms with van der Waals surface area (Å²) in [5, 5.41) is 7.41. The van der Waals surface area contributed by atoms with E-state index in [0.717, 1.165) is 9.87 Å². The van der Waals surface area contributed by atoms with Crippen LogP contribution < -0.4 is 10.1 Å². The Morgan fingerprint density at radius 3 is 2.29 bits per heavy atom. The topological polar surface area (TPSA) is 93.5 Å². The van der Waals surface area contributed by atoms with Gasteiger partial charge < -0.3 is 10.1 Å². The lowest BCUT2D eigenvalue weighted by Crippen LogP contribution is -2.40. The van der Waals surface area contributed by atoms with Gasteiger partial charge in [-0.15, -0.1) is 0 Å². The molecule has 0 aliphatic heterocycles. The molecule has 0 saturated carbocycles. The van der Waals surface area contributed by atoms with Crippen molar-refractivity contribution in [2.75, 3.05) is 25.5 Å². The number of benzene rings is 3. The number of sulfonamides is 1.